The van der Waals surface area contributed by atoms with Crippen LogP contribution >= 0.6 is 0 Å². The highest BCUT2D eigenvalue weighted by Crippen LogP contribution is 2.43. The third kappa shape index (κ3) is 7.95. The number of carboxylic acid groups (broad SMARTS) is 2. The number of benzene rings is 2. The van der Waals surface area contributed by atoms with E-state index in [1.807, 2.05) is 0 Å². The zero-order valence-corrected chi connectivity index (χ0v) is 22.6. The number of carbonyl (C=O) groups is 2. The Labute approximate surface area is 248 Å². The molecule has 4 aromatic rings. The number of aromatic nitrogens is 3. The molecular formula is C27H22F6N4O8. The minimum Gasteiger partial charge on any atom is -0.491 e. The lowest BCUT2D eigenvalue weighted by Crippen LogP contribution is -2.43. The van der Waals surface area contributed by atoms with E-state index >= 15 is 0 Å². The standard InChI is InChI=1S/C25H21F3N4O6.C2HF3O2/c26-25(27,28)19-20(13-5-2-1-3-6-13)31-37-22(19)24-30-23(32-38-24)14-8-9-15-17(11-14)36-12-16(21(15)35)29-10-4-7-18(33)34;3-2(4,5)1(6)7/h1-3,5-6,8-9,11,16,21,29,35H,4,7,10,12H2,(H,33,34);(H,6,7). The molecule has 1 aliphatic rings. The van der Waals surface area contributed by atoms with Crippen molar-refractivity contribution in [3.05, 3.63) is 59.7 Å². The fourth-order valence-corrected chi connectivity index (χ4v) is 4.15. The molecule has 2 atom stereocenters. The van der Waals surface area contributed by atoms with Crippen molar-refractivity contribution in [2.24, 2.45) is 0 Å². The van der Waals surface area contributed by atoms with Gasteiger partial charge < -0.3 is 34.4 Å². The Balaban J connectivity index is 0.000000591. The van der Waals surface area contributed by atoms with Gasteiger partial charge in [-0.1, -0.05) is 52.8 Å². The normalized spacial score (nSPS) is 16.2. The summed E-state index contributed by atoms with van der Waals surface area (Å²) in [5.41, 5.74) is -0.431. The van der Waals surface area contributed by atoms with E-state index in [1.165, 1.54) is 12.1 Å². The second-order valence-electron chi connectivity index (χ2n) is 9.39. The summed E-state index contributed by atoms with van der Waals surface area (Å²) in [7, 11) is 0. The average molecular weight is 644 g/mol. The molecule has 45 heavy (non-hydrogen) atoms. The molecule has 1 aliphatic heterocycles. The topological polar surface area (TPSA) is 181 Å². The number of rotatable bonds is 8. The van der Waals surface area contributed by atoms with Crippen LogP contribution in [0.3, 0.4) is 0 Å². The summed E-state index contributed by atoms with van der Waals surface area (Å²) in [6, 6.07) is 12.1. The highest BCUT2D eigenvalue weighted by Gasteiger charge is 2.43. The molecule has 0 aliphatic carbocycles. The van der Waals surface area contributed by atoms with Crippen molar-refractivity contribution in [3.8, 4) is 40.0 Å². The highest BCUT2D eigenvalue weighted by atomic mass is 19.4. The lowest BCUT2D eigenvalue weighted by molar-refractivity contribution is -0.192. The molecule has 2 aromatic carbocycles. The van der Waals surface area contributed by atoms with Gasteiger partial charge in [0.15, 0.2) is 0 Å². The van der Waals surface area contributed by atoms with Crippen LogP contribution in [0.4, 0.5) is 26.3 Å². The van der Waals surface area contributed by atoms with Crippen LogP contribution in [-0.4, -0.2) is 67.9 Å². The fourth-order valence-electron chi connectivity index (χ4n) is 4.15. The van der Waals surface area contributed by atoms with E-state index in [-0.39, 0.29) is 24.4 Å². The molecule has 0 amide bonds. The number of nitrogens with zero attached hydrogens (tertiary/aromatic N) is 3. The molecule has 5 rings (SSSR count). The number of nitrogens with one attached hydrogen (secondary N) is 1. The van der Waals surface area contributed by atoms with Crippen molar-refractivity contribution in [2.45, 2.75) is 37.3 Å². The number of aliphatic carboxylic acids is 2. The van der Waals surface area contributed by atoms with Gasteiger partial charge in [0, 0.05) is 23.1 Å². The zero-order valence-electron chi connectivity index (χ0n) is 22.6. The van der Waals surface area contributed by atoms with Gasteiger partial charge in [-0.05, 0) is 19.0 Å². The van der Waals surface area contributed by atoms with Crippen LogP contribution in [0.1, 0.15) is 30.1 Å². The summed E-state index contributed by atoms with van der Waals surface area (Å²) in [5, 5.41) is 37.1. The molecule has 0 saturated heterocycles. The zero-order chi connectivity index (χ0) is 32.9. The third-order valence-electron chi connectivity index (χ3n) is 6.25. The first kappa shape index (κ1) is 32.9. The molecule has 0 radical (unpaired) electrons. The summed E-state index contributed by atoms with van der Waals surface area (Å²) < 4.78 is 89.5. The predicted molar refractivity (Wildman–Crippen MR) is 138 cm³/mol. The number of hydrogen-bond acceptors (Lipinski definition) is 10. The quantitative estimate of drug-likeness (QED) is 0.150. The Kier molecular flexibility index (Phi) is 9.77. The first-order valence-electron chi connectivity index (χ1n) is 12.8. The molecule has 0 fully saturated rings. The largest absolute Gasteiger partial charge is 0.491 e. The Bertz CT molecular complexity index is 1640. The first-order chi connectivity index (χ1) is 21.2. The van der Waals surface area contributed by atoms with Crippen LogP contribution in [0.5, 0.6) is 5.75 Å². The van der Waals surface area contributed by atoms with Crippen molar-refractivity contribution < 1.29 is 65.0 Å². The van der Waals surface area contributed by atoms with Gasteiger partial charge in [-0.15, -0.1) is 0 Å². The average Bonchev–Trinajstić information content (AvgIpc) is 3.64. The summed E-state index contributed by atoms with van der Waals surface area (Å²) in [6.07, 6.45) is -10.4. The Morgan fingerprint density at radius 3 is 2.27 bits per heavy atom. The van der Waals surface area contributed by atoms with E-state index in [0.29, 0.717) is 29.8 Å². The number of fused-ring (bicyclic) bond motifs is 1. The van der Waals surface area contributed by atoms with Crippen molar-refractivity contribution in [3.63, 3.8) is 0 Å². The molecule has 18 heteroatoms. The molecule has 3 heterocycles. The maximum atomic E-state index is 14.0. The minimum atomic E-state index is -5.08. The summed E-state index contributed by atoms with van der Waals surface area (Å²) in [5.74, 6) is -4.51. The molecular weight excluding hydrogens is 622 g/mol. The number of aliphatic hydroxyl groups excluding tert-OH is 1. The molecule has 2 aromatic heterocycles. The van der Waals surface area contributed by atoms with Crippen LogP contribution in [0.15, 0.2) is 57.6 Å². The number of hydrogen-bond donors (Lipinski definition) is 4. The van der Waals surface area contributed by atoms with Crippen molar-refractivity contribution in [1.82, 2.24) is 20.6 Å². The molecule has 0 spiro atoms. The Hall–Kier alpha value is -4.97. The number of alkyl halides is 6. The fraction of sp³-hybridized carbons (Fsp3) is 0.296. The van der Waals surface area contributed by atoms with E-state index < -0.39 is 59.3 Å². The molecule has 0 saturated carbocycles. The molecule has 2 unspecified atom stereocenters. The van der Waals surface area contributed by atoms with Gasteiger partial charge in [-0.2, -0.15) is 31.3 Å². The first-order valence-corrected chi connectivity index (χ1v) is 12.8. The smallest absolute Gasteiger partial charge is 0.490 e. The van der Waals surface area contributed by atoms with Gasteiger partial charge >= 0.3 is 24.3 Å². The number of halogens is 6. The Morgan fingerprint density at radius 1 is 0.956 bits per heavy atom. The second-order valence-corrected chi connectivity index (χ2v) is 9.39. The van der Waals surface area contributed by atoms with Gasteiger partial charge in [-0.3, -0.25) is 4.79 Å². The summed E-state index contributed by atoms with van der Waals surface area (Å²) >= 11 is 0. The van der Waals surface area contributed by atoms with Crippen LogP contribution in [0, 0.1) is 0 Å². The van der Waals surface area contributed by atoms with E-state index in [1.54, 1.807) is 36.4 Å². The van der Waals surface area contributed by atoms with Crippen molar-refractivity contribution >= 4 is 11.9 Å². The van der Waals surface area contributed by atoms with Gasteiger partial charge in [0.05, 0.1) is 6.04 Å². The summed E-state index contributed by atoms with van der Waals surface area (Å²) in [6.45, 7) is 0.515. The van der Waals surface area contributed by atoms with E-state index in [4.69, 9.17) is 28.8 Å². The maximum absolute atomic E-state index is 14.0. The highest BCUT2D eigenvalue weighted by molar-refractivity contribution is 5.73. The molecule has 4 N–H and O–H groups in total. The summed E-state index contributed by atoms with van der Waals surface area (Å²) in [4.78, 5) is 23.6. The van der Waals surface area contributed by atoms with E-state index in [2.05, 4.69) is 20.6 Å². The van der Waals surface area contributed by atoms with Crippen molar-refractivity contribution in [1.29, 1.82) is 0 Å². The van der Waals surface area contributed by atoms with Gasteiger partial charge in [0.25, 0.3) is 5.89 Å². The lowest BCUT2D eigenvalue weighted by atomic mass is 9.97. The van der Waals surface area contributed by atoms with Gasteiger partial charge in [0.1, 0.15) is 29.7 Å². The minimum absolute atomic E-state index is 0.00933. The number of carboxylic acids is 2. The van der Waals surface area contributed by atoms with Crippen LogP contribution < -0.4 is 10.1 Å². The van der Waals surface area contributed by atoms with E-state index in [9.17, 15) is 36.2 Å². The van der Waals surface area contributed by atoms with Gasteiger partial charge in [0.2, 0.25) is 11.6 Å². The van der Waals surface area contributed by atoms with Crippen molar-refractivity contribution in [2.75, 3.05) is 13.2 Å². The monoisotopic (exact) mass is 644 g/mol. The number of aliphatic hydroxyl groups is 1. The van der Waals surface area contributed by atoms with Crippen LogP contribution in [0.25, 0.3) is 34.3 Å². The third-order valence-corrected chi connectivity index (χ3v) is 6.25. The van der Waals surface area contributed by atoms with Crippen LogP contribution in [0.2, 0.25) is 0 Å². The van der Waals surface area contributed by atoms with Crippen LogP contribution in [-0.2, 0) is 15.8 Å². The molecule has 240 valence electrons. The molecule has 12 nitrogen and oxygen atoms in total. The SMILES string of the molecule is O=C(O)C(F)(F)F.O=C(O)CCCNC1COc2cc(-c3noc(-c4onc(-c5ccccc5)c4C(F)(F)F)n3)ccc2C1O. The molecule has 0 bridgehead atoms. The Morgan fingerprint density at radius 2 is 1.64 bits per heavy atom. The lowest BCUT2D eigenvalue weighted by Gasteiger charge is -2.31. The second kappa shape index (κ2) is 13.3. The predicted octanol–water partition coefficient (Wildman–Crippen LogP) is 4.96. The number of ether oxygens (including phenoxy) is 1. The van der Waals surface area contributed by atoms with Gasteiger partial charge in [-0.25, -0.2) is 4.79 Å². The van der Waals surface area contributed by atoms with E-state index in [0.717, 1.165) is 0 Å². The maximum Gasteiger partial charge on any atom is 0.490 e.